The van der Waals surface area contributed by atoms with Gasteiger partial charge in [-0.3, -0.25) is 0 Å². The molecule has 0 bridgehead atoms. The number of benzene rings is 2. The van der Waals surface area contributed by atoms with Gasteiger partial charge in [-0.15, -0.1) is 0 Å². The molecule has 4 nitrogen and oxygen atoms in total. The maximum atomic E-state index is 13.0. The third-order valence-electron chi connectivity index (χ3n) is 6.39. The summed E-state index contributed by atoms with van der Waals surface area (Å²) in [5.41, 5.74) is 5.89. The van der Waals surface area contributed by atoms with E-state index in [0.717, 1.165) is 24.9 Å². The molecule has 1 aromatic heterocycles. The van der Waals surface area contributed by atoms with Crippen LogP contribution in [0.1, 0.15) is 88.3 Å². The third-order valence-corrected chi connectivity index (χ3v) is 6.39. The monoisotopic (exact) mass is 433 g/mol. The van der Waals surface area contributed by atoms with Crippen molar-refractivity contribution in [3.63, 3.8) is 0 Å². The molecule has 1 heterocycles. The number of anilines is 1. The van der Waals surface area contributed by atoms with Gasteiger partial charge >= 0.3 is 6.03 Å². The average molecular weight is 434 g/mol. The van der Waals surface area contributed by atoms with Crippen LogP contribution in [0, 0.1) is 0 Å². The van der Waals surface area contributed by atoms with Gasteiger partial charge in [0.05, 0.1) is 0 Å². The standard InChI is InChI=1S/C28H39N3O/c1-7-8-12-21(25-18-31(6)26-16-10-9-13-24(25)26)17-29-28(32)30-27-22(19(2)3)14-11-15-23(27)20(4)5/h9-11,13-16,18-21H,7-8,12,17H2,1-6H3,(H2,29,30,32)/t21-/m1/s1. The molecule has 0 aliphatic heterocycles. The molecule has 172 valence electrons. The van der Waals surface area contributed by atoms with Gasteiger partial charge in [0.2, 0.25) is 0 Å². The molecule has 32 heavy (non-hydrogen) atoms. The van der Waals surface area contributed by atoms with Gasteiger partial charge < -0.3 is 15.2 Å². The Morgan fingerprint density at radius 1 is 0.938 bits per heavy atom. The van der Waals surface area contributed by atoms with E-state index in [-0.39, 0.29) is 11.9 Å². The van der Waals surface area contributed by atoms with E-state index in [9.17, 15) is 4.79 Å². The Morgan fingerprint density at radius 3 is 2.22 bits per heavy atom. The molecule has 3 rings (SSSR count). The molecule has 0 aliphatic rings. The Kier molecular flexibility index (Phi) is 8.00. The van der Waals surface area contributed by atoms with Crippen LogP contribution in [0.3, 0.4) is 0 Å². The summed E-state index contributed by atoms with van der Waals surface area (Å²) in [5.74, 6) is 0.977. The molecule has 2 N–H and O–H groups in total. The Hall–Kier alpha value is -2.75. The Balaban J connectivity index is 1.80. The summed E-state index contributed by atoms with van der Waals surface area (Å²) in [6.07, 6.45) is 5.58. The molecule has 0 fully saturated rings. The fourth-order valence-corrected chi connectivity index (χ4v) is 4.59. The van der Waals surface area contributed by atoms with E-state index in [1.54, 1.807) is 0 Å². The summed E-state index contributed by atoms with van der Waals surface area (Å²) in [6, 6.07) is 14.7. The number of fused-ring (bicyclic) bond motifs is 1. The number of hydrogen-bond donors (Lipinski definition) is 2. The lowest BCUT2D eigenvalue weighted by Gasteiger charge is -2.22. The molecule has 0 saturated heterocycles. The van der Waals surface area contributed by atoms with E-state index < -0.39 is 0 Å². The number of rotatable bonds is 9. The highest BCUT2D eigenvalue weighted by atomic mass is 16.2. The van der Waals surface area contributed by atoms with Crippen molar-refractivity contribution in [3.8, 4) is 0 Å². The third kappa shape index (κ3) is 5.35. The summed E-state index contributed by atoms with van der Waals surface area (Å²) >= 11 is 0. The number of aryl methyl sites for hydroxylation is 1. The molecule has 0 aliphatic carbocycles. The number of unbranched alkanes of at least 4 members (excludes halogenated alkanes) is 1. The van der Waals surface area contributed by atoms with Crippen LogP contribution < -0.4 is 10.6 Å². The lowest BCUT2D eigenvalue weighted by molar-refractivity contribution is 0.251. The Bertz CT molecular complexity index is 1020. The molecule has 0 saturated carbocycles. The van der Waals surface area contributed by atoms with Crippen molar-refractivity contribution in [2.75, 3.05) is 11.9 Å². The predicted octanol–water partition coefficient (Wildman–Crippen LogP) is 7.52. The van der Waals surface area contributed by atoms with Gasteiger partial charge in [0.25, 0.3) is 0 Å². The highest BCUT2D eigenvalue weighted by molar-refractivity contribution is 5.91. The summed E-state index contributed by atoms with van der Waals surface area (Å²) in [7, 11) is 2.10. The fourth-order valence-electron chi connectivity index (χ4n) is 4.59. The first-order chi connectivity index (χ1) is 15.3. The van der Waals surface area contributed by atoms with Gasteiger partial charge in [-0.1, -0.05) is 83.9 Å². The summed E-state index contributed by atoms with van der Waals surface area (Å²) in [6.45, 7) is 11.5. The summed E-state index contributed by atoms with van der Waals surface area (Å²) < 4.78 is 2.19. The Morgan fingerprint density at radius 2 is 1.59 bits per heavy atom. The second-order valence-corrected chi connectivity index (χ2v) is 9.51. The highest BCUT2D eigenvalue weighted by Crippen LogP contribution is 2.33. The van der Waals surface area contributed by atoms with Gasteiger partial charge in [-0.25, -0.2) is 4.79 Å². The minimum absolute atomic E-state index is 0.123. The van der Waals surface area contributed by atoms with Crippen LogP contribution in [-0.2, 0) is 7.05 Å². The summed E-state index contributed by atoms with van der Waals surface area (Å²) in [5, 5.41) is 7.66. The SMILES string of the molecule is CCCC[C@H](CNC(=O)Nc1c(C(C)C)cccc1C(C)C)c1cn(C)c2ccccc12. The zero-order valence-electron chi connectivity index (χ0n) is 20.5. The van der Waals surface area contributed by atoms with Crippen molar-refractivity contribution in [2.24, 2.45) is 7.05 Å². The van der Waals surface area contributed by atoms with Gasteiger partial charge in [0.1, 0.15) is 0 Å². The van der Waals surface area contributed by atoms with Crippen molar-refractivity contribution >= 4 is 22.6 Å². The van der Waals surface area contributed by atoms with E-state index in [1.807, 2.05) is 0 Å². The number of nitrogens with zero attached hydrogens (tertiary/aromatic N) is 1. The van der Waals surface area contributed by atoms with E-state index in [1.165, 1.54) is 27.6 Å². The van der Waals surface area contributed by atoms with E-state index >= 15 is 0 Å². The van der Waals surface area contributed by atoms with E-state index in [0.29, 0.717) is 18.4 Å². The van der Waals surface area contributed by atoms with Crippen molar-refractivity contribution < 1.29 is 4.79 Å². The van der Waals surface area contributed by atoms with Gasteiger partial charge in [0.15, 0.2) is 0 Å². The number of hydrogen-bond acceptors (Lipinski definition) is 1. The smallest absolute Gasteiger partial charge is 0.319 e. The van der Waals surface area contributed by atoms with Crippen molar-refractivity contribution in [2.45, 2.75) is 71.6 Å². The average Bonchev–Trinajstić information content (AvgIpc) is 3.10. The van der Waals surface area contributed by atoms with Crippen molar-refractivity contribution in [1.82, 2.24) is 9.88 Å². The van der Waals surface area contributed by atoms with E-state index in [2.05, 4.69) is 106 Å². The zero-order chi connectivity index (χ0) is 23.3. The van der Waals surface area contributed by atoms with Crippen LogP contribution in [0.4, 0.5) is 10.5 Å². The largest absolute Gasteiger partial charge is 0.350 e. The van der Waals surface area contributed by atoms with E-state index in [4.69, 9.17) is 0 Å². The number of carbonyl (C=O) groups is 1. The molecule has 3 aromatic rings. The molecule has 0 spiro atoms. The van der Waals surface area contributed by atoms with Crippen LogP contribution in [0.15, 0.2) is 48.7 Å². The van der Waals surface area contributed by atoms with Crippen LogP contribution in [0.5, 0.6) is 0 Å². The summed E-state index contributed by atoms with van der Waals surface area (Å²) in [4.78, 5) is 13.0. The minimum atomic E-state index is -0.123. The van der Waals surface area contributed by atoms with Crippen molar-refractivity contribution in [3.05, 3.63) is 65.4 Å². The molecular weight excluding hydrogens is 394 g/mol. The topological polar surface area (TPSA) is 46.1 Å². The highest BCUT2D eigenvalue weighted by Gasteiger charge is 2.20. The van der Waals surface area contributed by atoms with Gasteiger partial charge in [-0.2, -0.15) is 0 Å². The quantitative estimate of drug-likeness (QED) is 0.360. The van der Waals surface area contributed by atoms with Crippen LogP contribution in [0.2, 0.25) is 0 Å². The number of nitrogens with one attached hydrogen (secondary N) is 2. The molecule has 2 aromatic carbocycles. The number of para-hydroxylation sites is 2. The number of amides is 2. The Labute approximate surface area is 193 Å². The molecule has 0 unspecified atom stereocenters. The maximum Gasteiger partial charge on any atom is 0.319 e. The molecular formula is C28H39N3O. The van der Waals surface area contributed by atoms with Crippen LogP contribution >= 0.6 is 0 Å². The first-order valence-electron chi connectivity index (χ1n) is 12.0. The molecule has 0 radical (unpaired) electrons. The minimum Gasteiger partial charge on any atom is -0.350 e. The first-order valence-corrected chi connectivity index (χ1v) is 12.0. The second-order valence-electron chi connectivity index (χ2n) is 9.51. The molecule has 1 atom stereocenters. The fraction of sp³-hybridized carbons (Fsp3) is 0.464. The van der Waals surface area contributed by atoms with Gasteiger partial charge in [-0.05, 0) is 41.0 Å². The first kappa shape index (κ1) is 23.9. The molecule has 2 amide bonds. The second kappa shape index (κ2) is 10.7. The lowest BCUT2D eigenvalue weighted by Crippen LogP contribution is -2.33. The normalized spacial score (nSPS) is 12.5. The molecule has 4 heteroatoms. The number of carbonyl (C=O) groups excluding carboxylic acids is 1. The van der Waals surface area contributed by atoms with Gasteiger partial charge in [0, 0.05) is 42.3 Å². The van der Waals surface area contributed by atoms with Crippen LogP contribution in [-0.4, -0.2) is 17.1 Å². The van der Waals surface area contributed by atoms with Crippen molar-refractivity contribution in [1.29, 1.82) is 0 Å². The number of urea groups is 1. The lowest BCUT2D eigenvalue weighted by atomic mass is 9.92. The van der Waals surface area contributed by atoms with Crippen LogP contribution in [0.25, 0.3) is 10.9 Å². The number of aromatic nitrogens is 1. The maximum absolute atomic E-state index is 13.0. The predicted molar refractivity (Wildman–Crippen MR) is 137 cm³/mol. The zero-order valence-corrected chi connectivity index (χ0v) is 20.5.